The van der Waals surface area contributed by atoms with E-state index in [1.807, 2.05) is 13.0 Å². The molecular formula is C13H12BrClN2O2S. The molecule has 0 bridgehead atoms. The first-order valence-electron chi connectivity index (χ1n) is 5.88. The summed E-state index contributed by atoms with van der Waals surface area (Å²) in [4.78, 5) is 16.8. The van der Waals surface area contributed by atoms with Crippen LogP contribution in [0, 0.1) is 6.92 Å². The molecule has 2 aromatic rings. The van der Waals surface area contributed by atoms with Gasteiger partial charge in [0.15, 0.2) is 10.8 Å². The second-order valence-corrected chi connectivity index (χ2v) is 6.39. The van der Waals surface area contributed by atoms with Crippen LogP contribution in [0.3, 0.4) is 0 Å². The van der Waals surface area contributed by atoms with Gasteiger partial charge in [-0.3, -0.25) is 0 Å². The zero-order valence-electron chi connectivity index (χ0n) is 10.9. The van der Waals surface area contributed by atoms with Gasteiger partial charge in [-0.2, -0.15) is 0 Å². The molecule has 1 aromatic heterocycles. The molecule has 0 fully saturated rings. The number of esters is 1. The highest BCUT2D eigenvalue weighted by molar-refractivity contribution is 9.10. The second-order valence-electron chi connectivity index (χ2n) is 3.89. The van der Waals surface area contributed by atoms with E-state index in [-0.39, 0.29) is 0 Å². The third-order valence-electron chi connectivity index (χ3n) is 2.44. The Morgan fingerprint density at radius 2 is 2.30 bits per heavy atom. The minimum Gasteiger partial charge on any atom is -0.461 e. The molecule has 0 aliphatic rings. The summed E-state index contributed by atoms with van der Waals surface area (Å²) < 4.78 is 5.79. The van der Waals surface area contributed by atoms with Gasteiger partial charge < -0.3 is 10.1 Å². The monoisotopic (exact) mass is 374 g/mol. The Kier molecular flexibility index (Phi) is 5.01. The molecule has 106 valence electrons. The second kappa shape index (κ2) is 6.56. The van der Waals surface area contributed by atoms with Gasteiger partial charge in [-0.15, -0.1) is 11.3 Å². The molecule has 20 heavy (non-hydrogen) atoms. The number of aryl methyl sites for hydroxylation is 1. The summed E-state index contributed by atoms with van der Waals surface area (Å²) in [7, 11) is 0. The first-order valence-corrected chi connectivity index (χ1v) is 7.86. The van der Waals surface area contributed by atoms with Crippen molar-refractivity contribution in [1.82, 2.24) is 4.98 Å². The number of thiazole rings is 1. The Bertz CT molecular complexity index is 645. The largest absolute Gasteiger partial charge is 0.461 e. The lowest BCUT2D eigenvalue weighted by molar-refractivity contribution is 0.0519. The fourth-order valence-corrected chi connectivity index (χ4v) is 3.14. The third-order valence-corrected chi connectivity index (χ3v) is 4.22. The highest BCUT2D eigenvalue weighted by atomic mass is 79.9. The van der Waals surface area contributed by atoms with Crippen LogP contribution in [0.25, 0.3) is 0 Å². The average Bonchev–Trinajstić information content (AvgIpc) is 2.74. The van der Waals surface area contributed by atoms with Gasteiger partial charge in [-0.05, 0) is 48.0 Å². The Morgan fingerprint density at radius 3 is 2.95 bits per heavy atom. The predicted octanol–water partition coefficient (Wildman–Crippen LogP) is 4.79. The van der Waals surface area contributed by atoms with Gasteiger partial charge in [0.25, 0.3) is 0 Å². The topological polar surface area (TPSA) is 51.2 Å². The molecular weight excluding hydrogens is 364 g/mol. The first kappa shape index (κ1) is 15.3. The molecule has 1 heterocycles. The van der Waals surface area contributed by atoms with Crippen LogP contribution >= 0.6 is 38.9 Å². The number of hydrogen-bond donors (Lipinski definition) is 1. The number of anilines is 2. The lowest BCUT2D eigenvalue weighted by Crippen LogP contribution is -2.06. The molecule has 0 spiro atoms. The smallest absolute Gasteiger partial charge is 0.358 e. The molecule has 1 aromatic carbocycles. The molecule has 4 nitrogen and oxygen atoms in total. The van der Waals surface area contributed by atoms with E-state index in [1.54, 1.807) is 19.1 Å². The fraction of sp³-hybridized carbons (Fsp3) is 0.231. The molecule has 0 amide bonds. The summed E-state index contributed by atoms with van der Waals surface area (Å²) in [6.45, 7) is 3.94. The van der Waals surface area contributed by atoms with Crippen LogP contribution in [0.4, 0.5) is 10.8 Å². The number of nitrogens with zero attached hydrogens (tertiary/aromatic N) is 1. The molecule has 0 aliphatic heterocycles. The first-order chi connectivity index (χ1) is 9.51. The number of nitrogens with one attached hydrogen (secondary N) is 1. The number of halogens is 2. The standard InChI is InChI=1S/C13H12BrClN2O2S/c1-3-19-12(18)11-7(2)20-13(17-11)16-10-5-4-8(15)6-9(10)14/h4-6H,3H2,1-2H3,(H,16,17). The van der Waals surface area contributed by atoms with Gasteiger partial charge in [0.2, 0.25) is 0 Å². The van der Waals surface area contributed by atoms with Crippen molar-refractivity contribution in [2.24, 2.45) is 0 Å². The third kappa shape index (κ3) is 3.50. The highest BCUT2D eigenvalue weighted by Crippen LogP contribution is 2.31. The lowest BCUT2D eigenvalue weighted by atomic mass is 10.3. The number of ether oxygens (including phenoxy) is 1. The maximum atomic E-state index is 11.7. The van der Waals surface area contributed by atoms with Crippen molar-refractivity contribution in [2.75, 3.05) is 11.9 Å². The van der Waals surface area contributed by atoms with Gasteiger partial charge >= 0.3 is 5.97 Å². The molecule has 0 aliphatic carbocycles. The average molecular weight is 376 g/mol. The van der Waals surface area contributed by atoms with E-state index in [9.17, 15) is 4.79 Å². The van der Waals surface area contributed by atoms with E-state index in [2.05, 4.69) is 26.2 Å². The van der Waals surface area contributed by atoms with Crippen molar-refractivity contribution < 1.29 is 9.53 Å². The molecule has 0 saturated heterocycles. The van der Waals surface area contributed by atoms with Gasteiger partial charge in [-0.1, -0.05) is 11.6 Å². The Balaban J connectivity index is 2.22. The Hall–Kier alpha value is -1.11. The summed E-state index contributed by atoms with van der Waals surface area (Å²) in [6, 6.07) is 5.41. The molecule has 1 N–H and O–H groups in total. The maximum Gasteiger partial charge on any atom is 0.358 e. The zero-order valence-corrected chi connectivity index (χ0v) is 14.0. The quantitative estimate of drug-likeness (QED) is 0.781. The highest BCUT2D eigenvalue weighted by Gasteiger charge is 2.16. The van der Waals surface area contributed by atoms with Gasteiger partial charge in [0.1, 0.15) is 0 Å². The van der Waals surface area contributed by atoms with Crippen molar-refractivity contribution in [3.05, 3.63) is 38.3 Å². The van der Waals surface area contributed by atoms with E-state index in [4.69, 9.17) is 16.3 Å². The summed E-state index contributed by atoms with van der Waals surface area (Å²) in [5, 5.41) is 4.43. The van der Waals surface area contributed by atoms with Crippen molar-refractivity contribution in [1.29, 1.82) is 0 Å². The Labute approximate surface area is 134 Å². The van der Waals surface area contributed by atoms with Crippen molar-refractivity contribution >= 4 is 55.7 Å². The van der Waals surface area contributed by atoms with Crippen LogP contribution in [0.1, 0.15) is 22.3 Å². The lowest BCUT2D eigenvalue weighted by Gasteiger charge is -2.05. The minimum absolute atomic E-state index is 0.335. The van der Waals surface area contributed by atoms with E-state index >= 15 is 0 Å². The number of carbonyl (C=O) groups is 1. The molecule has 0 atom stereocenters. The number of rotatable bonds is 4. The maximum absolute atomic E-state index is 11.7. The predicted molar refractivity (Wildman–Crippen MR) is 85.2 cm³/mol. The number of benzene rings is 1. The van der Waals surface area contributed by atoms with E-state index in [0.717, 1.165) is 15.0 Å². The van der Waals surface area contributed by atoms with Crippen LogP contribution in [0.5, 0.6) is 0 Å². The van der Waals surface area contributed by atoms with Crippen molar-refractivity contribution in [2.45, 2.75) is 13.8 Å². The van der Waals surface area contributed by atoms with E-state index in [1.165, 1.54) is 11.3 Å². The van der Waals surface area contributed by atoms with E-state index in [0.29, 0.717) is 22.5 Å². The van der Waals surface area contributed by atoms with Gasteiger partial charge in [0, 0.05) is 14.4 Å². The number of carbonyl (C=O) groups excluding carboxylic acids is 1. The zero-order chi connectivity index (χ0) is 14.7. The van der Waals surface area contributed by atoms with Crippen LogP contribution in [-0.2, 0) is 4.74 Å². The summed E-state index contributed by atoms with van der Waals surface area (Å²) in [5.41, 5.74) is 1.18. The molecule has 7 heteroatoms. The number of aromatic nitrogens is 1. The summed E-state index contributed by atoms with van der Waals surface area (Å²) >= 11 is 10.7. The van der Waals surface area contributed by atoms with Crippen LogP contribution < -0.4 is 5.32 Å². The minimum atomic E-state index is -0.399. The molecule has 0 saturated carbocycles. The van der Waals surface area contributed by atoms with Gasteiger partial charge in [-0.25, -0.2) is 9.78 Å². The normalized spacial score (nSPS) is 10.4. The molecule has 2 rings (SSSR count). The van der Waals surface area contributed by atoms with Crippen LogP contribution in [0.2, 0.25) is 5.02 Å². The fourth-order valence-electron chi connectivity index (χ4n) is 1.54. The summed E-state index contributed by atoms with van der Waals surface area (Å²) in [6.07, 6.45) is 0. The summed E-state index contributed by atoms with van der Waals surface area (Å²) in [5.74, 6) is -0.399. The number of hydrogen-bond acceptors (Lipinski definition) is 5. The molecule has 0 radical (unpaired) electrons. The Morgan fingerprint density at radius 1 is 1.55 bits per heavy atom. The van der Waals surface area contributed by atoms with E-state index < -0.39 is 5.97 Å². The van der Waals surface area contributed by atoms with Gasteiger partial charge in [0.05, 0.1) is 12.3 Å². The van der Waals surface area contributed by atoms with Crippen LogP contribution in [-0.4, -0.2) is 17.6 Å². The van der Waals surface area contributed by atoms with Crippen molar-refractivity contribution in [3.8, 4) is 0 Å². The van der Waals surface area contributed by atoms with Crippen molar-refractivity contribution in [3.63, 3.8) is 0 Å². The SMILES string of the molecule is CCOC(=O)c1nc(Nc2ccc(Cl)cc2Br)sc1C. The molecule has 0 unspecified atom stereocenters. The van der Waals surface area contributed by atoms with Crippen LogP contribution in [0.15, 0.2) is 22.7 Å².